The van der Waals surface area contributed by atoms with E-state index in [0.29, 0.717) is 21.7 Å². The normalized spacial score (nSPS) is 27.8. The van der Waals surface area contributed by atoms with Crippen LogP contribution in [0.3, 0.4) is 0 Å². The molecule has 3 aliphatic heterocycles. The van der Waals surface area contributed by atoms with Gasteiger partial charge in [0.05, 0.1) is 9.75 Å². The summed E-state index contributed by atoms with van der Waals surface area (Å²) in [5.41, 5.74) is 0. The third-order valence-electron chi connectivity index (χ3n) is 6.00. The number of ketones is 1. The Hall–Kier alpha value is -1.20. The predicted octanol–water partition coefficient (Wildman–Crippen LogP) is 3.29. The van der Waals surface area contributed by atoms with Crippen LogP contribution in [0.1, 0.15) is 58.4 Å². The van der Waals surface area contributed by atoms with Crippen LogP contribution in [0.25, 0.3) is 0 Å². The molecule has 1 aliphatic carbocycles. The van der Waals surface area contributed by atoms with E-state index in [2.05, 4.69) is 9.80 Å². The van der Waals surface area contributed by atoms with Crippen molar-refractivity contribution in [3.63, 3.8) is 0 Å². The summed E-state index contributed by atoms with van der Waals surface area (Å²) in [6.07, 6.45) is 6.65. The Morgan fingerprint density at radius 1 is 1.08 bits per heavy atom. The van der Waals surface area contributed by atoms with Gasteiger partial charge in [0.25, 0.3) is 5.91 Å². The van der Waals surface area contributed by atoms with Crippen LogP contribution in [-0.2, 0) is 0 Å². The topological polar surface area (TPSA) is 40.6 Å². The summed E-state index contributed by atoms with van der Waals surface area (Å²) in [5, 5.41) is 0. The molecule has 4 aliphatic rings. The quantitative estimate of drug-likeness (QED) is 0.786. The minimum atomic E-state index is 0.0432. The molecule has 5 heteroatoms. The number of carbonyl (C=O) groups excluding carboxylic acids is 2. The monoisotopic (exact) mass is 346 g/mol. The Balaban J connectivity index is 1.46. The van der Waals surface area contributed by atoms with Crippen molar-refractivity contribution in [3.05, 3.63) is 21.9 Å². The number of fused-ring (bicyclic) bond motifs is 4. The van der Waals surface area contributed by atoms with Crippen LogP contribution in [0, 0.1) is 11.8 Å². The number of Topliss-reactive ketones (excluding diaryl/α,β-unsaturated/α-hetero) is 1. The fourth-order valence-corrected chi connectivity index (χ4v) is 5.24. The van der Waals surface area contributed by atoms with Gasteiger partial charge in [-0.05, 0) is 56.6 Å². The maximum atomic E-state index is 12.9. The minimum Gasteiger partial charge on any atom is -0.336 e. The third-order valence-corrected chi connectivity index (χ3v) is 7.17. The molecule has 1 saturated carbocycles. The highest BCUT2D eigenvalue weighted by Crippen LogP contribution is 2.33. The zero-order chi connectivity index (χ0) is 16.7. The second-order valence-corrected chi connectivity index (χ2v) is 8.86. The predicted molar refractivity (Wildman–Crippen MR) is 95.7 cm³/mol. The zero-order valence-corrected chi connectivity index (χ0v) is 15.2. The van der Waals surface area contributed by atoms with Crippen molar-refractivity contribution in [2.45, 2.75) is 45.1 Å². The molecular formula is C19H26N2O2S. The fraction of sp³-hybridized carbons (Fsp3) is 0.684. The molecule has 130 valence electrons. The first-order chi connectivity index (χ1) is 11.6. The number of hydrogen-bond donors (Lipinski definition) is 0. The third kappa shape index (κ3) is 3.16. The highest BCUT2D eigenvalue weighted by molar-refractivity contribution is 7.15. The summed E-state index contributed by atoms with van der Waals surface area (Å²) in [5.74, 6) is 1.67. The van der Waals surface area contributed by atoms with Crippen molar-refractivity contribution < 1.29 is 9.59 Å². The van der Waals surface area contributed by atoms with Crippen molar-refractivity contribution in [2.75, 3.05) is 26.2 Å². The van der Waals surface area contributed by atoms with Gasteiger partial charge in [-0.15, -0.1) is 11.3 Å². The van der Waals surface area contributed by atoms with E-state index in [-0.39, 0.29) is 11.7 Å². The zero-order valence-electron chi connectivity index (χ0n) is 14.4. The Kier molecular flexibility index (Phi) is 4.48. The van der Waals surface area contributed by atoms with E-state index in [0.717, 1.165) is 25.6 Å². The van der Waals surface area contributed by atoms with E-state index in [1.807, 2.05) is 6.07 Å². The lowest BCUT2D eigenvalue weighted by molar-refractivity contribution is 0.0721. The van der Waals surface area contributed by atoms with Gasteiger partial charge >= 0.3 is 0 Å². The Morgan fingerprint density at radius 3 is 2.54 bits per heavy atom. The largest absolute Gasteiger partial charge is 0.336 e. The number of thiophene rings is 1. The summed E-state index contributed by atoms with van der Waals surface area (Å²) in [4.78, 5) is 30.5. The molecule has 0 spiro atoms. The molecule has 1 aromatic rings. The maximum Gasteiger partial charge on any atom is 0.264 e. The highest BCUT2D eigenvalue weighted by Gasteiger charge is 2.38. The van der Waals surface area contributed by atoms with Gasteiger partial charge in [0.2, 0.25) is 0 Å². The second-order valence-electron chi connectivity index (χ2n) is 7.78. The Morgan fingerprint density at radius 2 is 1.88 bits per heavy atom. The van der Waals surface area contributed by atoms with Gasteiger partial charge in [-0.2, -0.15) is 0 Å². The number of carbonyl (C=O) groups is 2. The van der Waals surface area contributed by atoms with E-state index in [9.17, 15) is 9.59 Å². The number of rotatable bonds is 4. The van der Waals surface area contributed by atoms with Crippen LogP contribution >= 0.6 is 11.3 Å². The van der Waals surface area contributed by atoms with Gasteiger partial charge < -0.3 is 4.90 Å². The van der Waals surface area contributed by atoms with E-state index < -0.39 is 0 Å². The molecule has 0 radical (unpaired) electrons. The smallest absolute Gasteiger partial charge is 0.264 e. The van der Waals surface area contributed by atoms with Crippen molar-refractivity contribution in [3.8, 4) is 0 Å². The Bertz CT molecular complexity index is 637. The minimum absolute atomic E-state index is 0.0432. The van der Waals surface area contributed by atoms with E-state index in [1.54, 1.807) is 13.0 Å². The van der Waals surface area contributed by atoms with Crippen LogP contribution in [0.4, 0.5) is 0 Å². The molecule has 4 heterocycles. The molecule has 5 rings (SSSR count). The van der Waals surface area contributed by atoms with Crippen LogP contribution in [0.15, 0.2) is 12.1 Å². The molecule has 4 fully saturated rings. The molecule has 0 aromatic carbocycles. The van der Waals surface area contributed by atoms with Crippen LogP contribution in [0.2, 0.25) is 0 Å². The molecule has 4 nitrogen and oxygen atoms in total. The van der Waals surface area contributed by atoms with Gasteiger partial charge in [-0.25, -0.2) is 0 Å². The van der Waals surface area contributed by atoms with Crippen molar-refractivity contribution in [1.29, 1.82) is 0 Å². The van der Waals surface area contributed by atoms with Gasteiger partial charge in [-0.1, -0.05) is 6.42 Å². The molecule has 24 heavy (non-hydrogen) atoms. The average Bonchev–Trinajstić information content (AvgIpc) is 2.85. The van der Waals surface area contributed by atoms with Crippen LogP contribution in [-0.4, -0.2) is 53.7 Å². The highest BCUT2D eigenvalue weighted by atomic mass is 32.1. The lowest BCUT2D eigenvalue weighted by Crippen LogP contribution is -2.47. The lowest BCUT2D eigenvalue weighted by atomic mass is 9.83. The summed E-state index contributed by atoms with van der Waals surface area (Å²) in [7, 11) is 0. The van der Waals surface area contributed by atoms with Crippen LogP contribution in [0.5, 0.6) is 0 Å². The molecule has 1 amide bonds. The van der Waals surface area contributed by atoms with E-state index in [4.69, 9.17) is 0 Å². The van der Waals surface area contributed by atoms with Gasteiger partial charge in [0.1, 0.15) is 0 Å². The molecular weight excluding hydrogens is 320 g/mol. The first kappa shape index (κ1) is 16.3. The van der Waals surface area contributed by atoms with Crippen molar-refractivity contribution >= 4 is 23.0 Å². The Labute approximate surface area is 147 Å². The number of piperidine rings is 1. The summed E-state index contributed by atoms with van der Waals surface area (Å²) in [6, 6.07) is 4.14. The van der Waals surface area contributed by atoms with E-state index in [1.165, 1.54) is 50.0 Å². The summed E-state index contributed by atoms with van der Waals surface area (Å²) in [6.45, 7) is 5.69. The van der Waals surface area contributed by atoms with Gasteiger partial charge in [0.15, 0.2) is 5.78 Å². The average molecular weight is 346 g/mol. The molecule has 1 aromatic heterocycles. The molecule has 2 atom stereocenters. The van der Waals surface area contributed by atoms with E-state index >= 15 is 0 Å². The summed E-state index contributed by atoms with van der Waals surface area (Å²) >= 11 is 1.34. The standard InChI is InChI=1S/C19H26N2O2S/c1-13(22)17-7-8-18(24-17)19(23)21-11-15-5-6-16(12-21)20(10-15)9-14-3-2-4-14/h7-8,14-16H,2-6,9-12H2,1H3/t15-,16-/m1/s1. The SMILES string of the molecule is CC(=O)c1ccc(C(=O)N2C[C@@H]3CC[C@H](C2)N(CC2CCC2)C3)s1. The van der Waals surface area contributed by atoms with Gasteiger partial charge in [-0.3, -0.25) is 14.5 Å². The molecule has 0 N–H and O–H groups in total. The van der Waals surface area contributed by atoms with Gasteiger partial charge in [0, 0.05) is 32.2 Å². The number of amides is 1. The maximum absolute atomic E-state index is 12.9. The molecule has 0 unspecified atom stereocenters. The summed E-state index contributed by atoms with van der Waals surface area (Å²) < 4.78 is 0. The molecule has 3 saturated heterocycles. The first-order valence-corrected chi connectivity index (χ1v) is 10.1. The number of hydrogen-bond acceptors (Lipinski definition) is 4. The van der Waals surface area contributed by atoms with Crippen LogP contribution < -0.4 is 0 Å². The number of nitrogens with zero attached hydrogens (tertiary/aromatic N) is 2. The van der Waals surface area contributed by atoms with Crippen molar-refractivity contribution in [1.82, 2.24) is 9.80 Å². The first-order valence-electron chi connectivity index (χ1n) is 9.24. The second kappa shape index (κ2) is 6.60. The molecule has 2 bridgehead atoms. The fourth-order valence-electron chi connectivity index (χ4n) is 4.37. The van der Waals surface area contributed by atoms with Crippen molar-refractivity contribution in [2.24, 2.45) is 11.8 Å². The lowest BCUT2D eigenvalue weighted by Gasteiger charge is -2.40.